The number of fused-ring (bicyclic) bond motifs is 1. The van der Waals surface area contributed by atoms with Crippen molar-refractivity contribution in [3.63, 3.8) is 0 Å². The molecule has 2 aromatic rings. The Balaban J connectivity index is 1.56. The number of esters is 1. The standard InChI is InChI=1S/C21H25FN4O3/c1-2-29-21(28)18-8-14-5-7-25(12-15(14)11-23-18)19-9-16(22)10-20(24-19)26-6-3-4-17(26)13-27/h8-11,17,27H,2-7,12-13H2,1H3. The van der Waals surface area contributed by atoms with Crippen LogP contribution in [0.4, 0.5) is 16.0 Å². The van der Waals surface area contributed by atoms with Crippen molar-refractivity contribution in [3.05, 3.63) is 47.0 Å². The van der Waals surface area contributed by atoms with Gasteiger partial charge in [0, 0.05) is 38.0 Å². The zero-order valence-electron chi connectivity index (χ0n) is 16.5. The van der Waals surface area contributed by atoms with Crippen molar-refractivity contribution in [2.24, 2.45) is 0 Å². The molecule has 0 spiro atoms. The van der Waals surface area contributed by atoms with E-state index in [1.54, 1.807) is 19.2 Å². The fourth-order valence-corrected chi connectivity index (χ4v) is 4.06. The summed E-state index contributed by atoms with van der Waals surface area (Å²) < 4.78 is 19.4. The van der Waals surface area contributed by atoms with Gasteiger partial charge < -0.3 is 19.6 Å². The molecule has 1 fully saturated rings. The first-order chi connectivity index (χ1) is 14.1. The largest absolute Gasteiger partial charge is 0.461 e. The molecule has 2 aromatic heterocycles. The van der Waals surface area contributed by atoms with E-state index in [4.69, 9.17) is 4.74 Å². The Hall–Kier alpha value is -2.74. The molecule has 0 saturated carbocycles. The number of carbonyl (C=O) groups excluding carboxylic acids is 1. The number of aliphatic hydroxyl groups excluding tert-OH is 1. The van der Waals surface area contributed by atoms with Gasteiger partial charge in [-0.15, -0.1) is 0 Å². The van der Waals surface area contributed by atoms with Crippen molar-refractivity contribution in [1.29, 1.82) is 0 Å². The fraction of sp³-hybridized carbons (Fsp3) is 0.476. The highest BCUT2D eigenvalue weighted by molar-refractivity contribution is 5.87. The topological polar surface area (TPSA) is 78.8 Å². The lowest BCUT2D eigenvalue weighted by atomic mass is 10.0. The van der Waals surface area contributed by atoms with Gasteiger partial charge in [0.1, 0.15) is 23.1 Å². The van der Waals surface area contributed by atoms with E-state index in [0.717, 1.165) is 30.5 Å². The summed E-state index contributed by atoms with van der Waals surface area (Å²) in [7, 11) is 0. The highest BCUT2D eigenvalue weighted by Crippen LogP contribution is 2.29. The number of halogens is 1. The quantitative estimate of drug-likeness (QED) is 0.772. The summed E-state index contributed by atoms with van der Waals surface area (Å²) in [5.74, 6) is 0.384. The number of aliphatic hydroxyl groups is 1. The zero-order valence-corrected chi connectivity index (χ0v) is 16.5. The molecule has 154 valence electrons. The number of aromatic nitrogens is 2. The van der Waals surface area contributed by atoms with Gasteiger partial charge in [0.25, 0.3) is 0 Å². The first-order valence-electron chi connectivity index (χ1n) is 10.0. The number of rotatable bonds is 5. The predicted molar refractivity (Wildman–Crippen MR) is 107 cm³/mol. The molecule has 4 rings (SSSR count). The third-order valence-corrected chi connectivity index (χ3v) is 5.55. The Labute approximate surface area is 169 Å². The van der Waals surface area contributed by atoms with E-state index in [1.165, 1.54) is 12.1 Å². The third kappa shape index (κ3) is 4.03. The van der Waals surface area contributed by atoms with Gasteiger partial charge in [-0.05, 0) is 43.4 Å². The number of nitrogens with zero attached hydrogens (tertiary/aromatic N) is 4. The molecule has 4 heterocycles. The summed E-state index contributed by atoms with van der Waals surface area (Å²) in [5, 5.41) is 9.58. The SMILES string of the molecule is CCOC(=O)c1cc2c(cn1)CN(c1cc(F)cc(N3CCCC3CO)n1)CC2. The minimum atomic E-state index is -0.418. The summed E-state index contributed by atoms with van der Waals surface area (Å²) in [6.45, 7) is 4.10. The second-order valence-electron chi connectivity index (χ2n) is 7.40. The highest BCUT2D eigenvalue weighted by Gasteiger charge is 2.27. The Bertz CT molecular complexity index is 907. The Morgan fingerprint density at radius 3 is 2.90 bits per heavy atom. The molecule has 1 atom stereocenters. The van der Waals surface area contributed by atoms with Crippen LogP contribution >= 0.6 is 0 Å². The molecule has 1 saturated heterocycles. The van der Waals surface area contributed by atoms with E-state index in [0.29, 0.717) is 43.4 Å². The zero-order chi connectivity index (χ0) is 20.4. The second kappa shape index (κ2) is 8.32. The number of pyridine rings is 2. The first kappa shape index (κ1) is 19.6. The monoisotopic (exact) mass is 400 g/mol. The number of anilines is 2. The third-order valence-electron chi connectivity index (χ3n) is 5.55. The van der Waals surface area contributed by atoms with Crippen LogP contribution in [0.15, 0.2) is 24.4 Å². The maximum absolute atomic E-state index is 14.4. The van der Waals surface area contributed by atoms with Gasteiger partial charge in [0.2, 0.25) is 0 Å². The van der Waals surface area contributed by atoms with Crippen molar-refractivity contribution in [2.45, 2.75) is 38.8 Å². The van der Waals surface area contributed by atoms with Gasteiger partial charge >= 0.3 is 5.97 Å². The molecule has 2 aliphatic heterocycles. The molecule has 0 aliphatic carbocycles. The summed E-state index contributed by atoms with van der Waals surface area (Å²) in [6, 6.07) is 4.65. The summed E-state index contributed by atoms with van der Waals surface area (Å²) in [4.78, 5) is 24.8. The fourth-order valence-electron chi connectivity index (χ4n) is 4.06. The van der Waals surface area contributed by atoms with E-state index < -0.39 is 5.97 Å². The molecule has 1 unspecified atom stereocenters. The first-order valence-corrected chi connectivity index (χ1v) is 10.0. The normalized spacial score (nSPS) is 18.7. The van der Waals surface area contributed by atoms with Gasteiger partial charge in [0.05, 0.1) is 19.3 Å². The molecular weight excluding hydrogens is 375 g/mol. The highest BCUT2D eigenvalue weighted by atomic mass is 19.1. The van der Waals surface area contributed by atoms with Crippen molar-refractivity contribution in [2.75, 3.05) is 36.1 Å². The maximum Gasteiger partial charge on any atom is 0.356 e. The minimum Gasteiger partial charge on any atom is -0.461 e. The molecule has 7 nitrogen and oxygen atoms in total. The van der Waals surface area contributed by atoms with Crippen molar-refractivity contribution in [1.82, 2.24) is 9.97 Å². The van der Waals surface area contributed by atoms with Crippen molar-refractivity contribution >= 4 is 17.6 Å². The number of carbonyl (C=O) groups is 1. The number of ether oxygens (including phenoxy) is 1. The van der Waals surface area contributed by atoms with Crippen LogP contribution in [-0.2, 0) is 17.7 Å². The van der Waals surface area contributed by atoms with Crippen LogP contribution in [0.25, 0.3) is 0 Å². The van der Waals surface area contributed by atoms with Crippen molar-refractivity contribution in [3.8, 4) is 0 Å². The van der Waals surface area contributed by atoms with E-state index in [-0.39, 0.29) is 18.5 Å². The Morgan fingerprint density at radius 2 is 2.10 bits per heavy atom. The molecule has 29 heavy (non-hydrogen) atoms. The van der Waals surface area contributed by atoms with Crippen LogP contribution in [-0.4, -0.2) is 53.4 Å². The molecule has 8 heteroatoms. The van der Waals surface area contributed by atoms with Crippen LogP contribution in [0, 0.1) is 5.82 Å². The smallest absolute Gasteiger partial charge is 0.356 e. The molecule has 0 bridgehead atoms. The van der Waals surface area contributed by atoms with Crippen LogP contribution < -0.4 is 9.80 Å². The minimum absolute atomic E-state index is 0.00951. The lowest BCUT2D eigenvalue weighted by Gasteiger charge is -2.31. The van der Waals surface area contributed by atoms with Crippen molar-refractivity contribution < 1.29 is 19.0 Å². The predicted octanol–water partition coefficient (Wildman–Crippen LogP) is 2.32. The van der Waals surface area contributed by atoms with Crippen LogP contribution in [0.2, 0.25) is 0 Å². The van der Waals surface area contributed by atoms with Gasteiger partial charge in [-0.3, -0.25) is 0 Å². The van der Waals surface area contributed by atoms with Gasteiger partial charge in [-0.25, -0.2) is 19.2 Å². The Kier molecular flexibility index (Phi) is 5.62. The lowest BCUT2D eigenvalue weighted by Crippen LogP contribution is -2.34. The summed E-state index contributed by atoms with van der Waals surface area (Å²) in [5.41, 5.74) is 2.36. The van der Waals surface area contributed by atoms with Gasteiger partial charge in [0.15, 0.2) is 0 Å². The van der Waals surface area contributed by atoms with E-state index in [9.17, 15) is 14.3 Å². The number of hydrogen-bond acceptors (Lipinski definition) is 7. The lowest BCUT2D eigenvalue weighted by molar-refractivity contribution is 0.0519. The van der Waals surface area contributed by atoms with E-state index in [1.807, 2.05) is 9.80 Å². The molecule has 0 amide bonds. The Morgan fingerprint density at radius 1 is 1.28 bits per heavy atom. The van der Waals surface area contributed by atoms with Gasteiger partial charge in [-0.2, -0.15) is 0 Å². The summed E-state index contributed by atoms with van der Waals surface area (Å²) in [6.07, 6.45) is 4.25. The average Bonchev–Trinajstić information content (AvgIpc) is 3.21. The average molecular weight is 400 g/mol. The van der Waals surface area contributed by atoms with Crippen LogP contribution in [0.3, 0.4) is 0 Å². The molecule has 2 aliphatic rings. The van der Waals surface area contributed by atoms with Crippen LogP contribution in [0.1, 0.15) is 41.4 Å². The molecule has 1 N–H and O–H groups in total. The number of hydrogen-bond donors (Lipinski definition) is 1. The molecule has 0 radical (unpaired) electrons. The van der Waals surface area contributed by atoms with Gasteiger partial charge in [-0.1, -0.05) is 0 Å². The van der Waals surface area contributed by atoms with E-state index >= 15 is 0 Å². The maximum atomic E-state index is 14.4. The van der Waals surface area contributed by atoms with Crippen LogP contribution in [0.5, 0.6) is 0 Å². The molecular formula is C21H25FN4O3. The summed E-state index contributed by atoms with van der Waals surface area (Å²) >= 11 is 0. The second-order valence-corrected chi connectivity index (χ2v) is 7.40. The van der Waals surface area contributed by atoms with E-state index in [2.05, 4.69) is 9.97 Å². The molecule has 0 aromatic carbocycles.